The molecule has 0 unspecified atom stereocenters. The fourth-order valence-corrected chi connectivity index (χ4v) is 2.40. The van der Waals surface area contributed by atoms with E-state index in [1.54, 1.807) is 12.1 Å². The molecule has 0 aliphatic rings. The molecule has 118 valence electrons. The fraction of sp³-hybridized carbons (Fsp3) is 0.278. The van der Waals surface area contributed by atoms with Crippen LogP contribution in [0.4, 0.5) is 5.69 Å². The zero-order chi connectivity index (χ0) is 16.6. The highest BCUT2D eigenvalue weighted by Crippen LogP contribution is 2.31. The summed E-state index contributed by atoms with van der Waals surface area (Å²) in [7, 11) is 0. The molecular formula is C18H18N2O3. The number of benzene rings is 2. The highest BCUT2D eigenvalue weighted by molar-refractivity contribution is 5.77. The Balaban J connectivity index is 2.01. The monoisotopic (exact) mass is 310 g/mol. The number of rotatable bonds is 4. The maximum atomic E-state index is 10.7. The molecule has 0 N–H and O–H groups in total. The van der Waals surface area contributed by atoms with Gasteiger partial charge in [-0.1, -0.05) is 26.8 Å². The lowest BCUT2D eigenvalue weighted by Crippen LogP contribution is -2.14. The van der Waals surface area contributed by atoms with Crippen LogP contribution in [0.3, 0.4) is 0 Å². The zero-order valence-corrected chi connectivity index (χ0v) is 13.4. The summed E-state index contributed by atoms with van der Waals surface area (Å²) < 4.78 is 5.85. The topological polar surface area (TPSA) is 69.2 Å². The number of aromatic nitrogens is 1. The van der Waals surface area contributed by atoms with Gasteiger partial charge in [-0.05, 0) is 41.7 Å². The van der Waals surface area contributed by atoms with Crippen molar-refractivity contribution in [2.24, 2.45) is 0 Å². The summed E-state index contributed by atoms with van der Waals surface area (Å²) in [6.45, 7) is 6.55. The van der Waals surface area contributed by atoms with E-state index >= 15 is 0 Å². The minimum Gasteiger partial charge on any atom is -0.436 e. The van der Waals surface area contributed by atoms with Gasteiger partial charge in [-0.25, -0.2) is 4.98 Å². The molecule has 1 aromatic heterocycles. The van der Waals surface area contributed by atoms with Gasteiger partial charge >= 0.3 is 0 Å². The van der Waals surface area contributed by atoms with Crippen molar-refractivity contribution >= 4 is 16.8 Å². The second-order valence-electron chi connectivity index (χ2n) is 6.24. The molecule has 0 saturated heterocycles. The molecule has 23 heavy (non-hydrogen) atoms. The molecule has 0 bridgehead atoms. The lowest BCUT2D eigenvalue weighted by Gasteiger charge is -2.22. The lowest BCUT2D eigenvalue weighted by molar-refractivity contribution is -0.384. The summed E-state index contributed by atoms with van der Waals surface area (Å²) >= 11 is 0. The molecule has 0 amide bonds. The van der Waals surface area contributed by atoms with Crippen molar-refractivity contribution in [1.82, 2.24) is 4.98 Å². The van der Waals surface area contributed by atoms with Crippen LogP contribution in [0, 0.1) is 10.1 Å². The van der Waals surface area contributed by atoms with E-state index in [0.29, 0.717) is 5.89 Å². The smallest absolute Gasteiger partial charge is 0.269 e. The Morgan fingerprint density at radius 1 is 1.17 bits per heavy atom. The molecule has 0 saturated carbocycles. The van der Waals surface area contributed by atoms with E-state index in [2.05, 4.69) is 31.8 Å². The van der Waals surface area contributed by atoms with E-state index < -0.39 is 4.92 Å². The Morgan fingerprint density at radius 2 is 1.87 bits per heavy atom. The predicted octanol–water partition coefficient (Wildman–Crippen LogP) is 5.09. The van der Waals surface area contributed by atoms with Gasteiger partial charge in [0.15, 0.2) is 5.58 Å². The van der Waals surface area contributed by atoms with Crippen molar-refractivity contribution in [1.29, 1.82) is 0 Å². The first-order valence-electron chi connectivity index (χ1n) is 7.56. The third kappa shape index (κ3) is 2.82. The molecule has 1 heterocycles. The Labute approximate surface area is 134 Å². The first kappa shape index (κ1) is 15.2. The number of hydrogen-bond acceptors (Lipinski definition) is 4. The number of non-ortho nitro benzene ring substituents is 1. The molecule has 5 nitrogen and oxygen atoms in total. The van der Waals surface area contributed by atoms with Gasteiger partial charge in [0.1, 0.15) is 5.52 Å². The van der Waals surface area contributed by atoms with Crippen molar-refractivity contribution in [3.05, 3.63) is 58.1 Å². The predicted molar refractivity (Wildman–Crippen MR) is 89.4 cm³/mol. The average Bonchev–Trinajstić information content (AvgIpc) is 2.98. The van der Waals surface area contributed by atoms with Crippen LogP contribution in [0.5, 0.6) is 0 Å². The van der Waals surface area contributed by atoms with Gasteiger partial charge in [0.25, 0.3) is 5.69 Å². The molecular weight excluding hydrogens is 292 g/mol. The number of oxazole rings is 1. The average molecular weight is 310 g/mol. The molecule has 0 atom stereocenters. The van der Waals surface area contributed by atoms with Crippen LogP contribution in [0.25, 0.3) is 22.6 Å². The summed E-state index contributed by atoms with van der Waals surface area (Å²) in [5.41, 5.74) is 3.58. The van der Waals surface area contributed by atoms with Crippen LogP contribution >= 0.6 is 0 Å². The van der Waals surface area contributed by atoms with E-state index in [-0.39, 0.29) is 11.1 Å². The van der Waals surface area contributed by atoms with Gasteiger partial charge in [-0.2, -0.15) is 0 Å². The minimum atomic E-state index is -0.422. The second-order valence-corrected chi connectivity index (χ2v) is 6.24. The van der Waals surface area contributed by atoms with Crippen molar-refractivity contribution < 1.29 is 9.34 Å². The van der Waals surface area contributed by atoms with Gasteiger partial charge in [0.2, 0.25) is 5.89 Å². The van der Waals surface area contributed by atoms with Gasteiger partial charge in [0.05, 0.1) is 4.92 Å². The van der Waals surface area contributed by atoms with Crippen molar-refractivity contribution in [2.75, 3.05) is 0 Å². The van der Waals surface area contributed by atoms with Gasteiger partial charge in [-0.15, -0.1) is 0 Å². The normalized spacial score (nSPS) is 11.8. The van der Waals surface area contributed by atoms with Crippen LogP contribution in [-0.4, -0.2) is 9.91 Å². The molecule has 3 rings (SSSR count). The molecule has 3 aromatic rings. The minimum absolute atomic E-state index is 0.0526. The molecule has 5 heteroatoms. The molecule has 0 spiro atoms. The highest BCUT2D eigenvalue weighted by atomic mass is 16.6. The quantitative estimate of drug-likeness (QED) is 0.497. The third-order valence-electron chi connectivity index (χ3n) is 4.38. The van der Waals surface area contributed by atoms with Gasteiger partial charge < -0.3 is 4.42 Å². The third-order valence-corrected chi connectivity index (χ3v) is 4.38. The van der Waals surface area contributed by atoms with E-state index in [4.69, 9.17) is 4.42 Å². The standard InChI is InChI=1S/C18H18N2O3/c1-4-18(2,3)13-7-10-15-16(11-13)23-17(19-15)12-5-8-14(9-6-12)20(21)22/h5-11H,4H2,1-3H3. The maximum absolute atomic E-state index is 10.7. The Bertz CT molecular complexity index is 864. The van der Waals surface area contributed by atoms with Gasteiger partial charge in [-0.3, -0.25) is 10.1 Å². The molecule has 2 aromatic carbocycles. The lowest BCUT2D eigenvalue weighted by atomic mass is 9.82. The number of nitrogens with zero attached hydrogens (tertiary/aromatic N) is 2. The molecule has 0 aliphatic heterocycles. The van der Waals surface area contributed by atoms with Crippen LogP contribution in [-0.2, 0) is 5.41 Å². The number of fused-ring (bicyclic) bond motifs is 1. The van der Waals surface area contributed by atoms with E-state index in [1.165, 1.54) is 17.7 Å². The summed E-state index contributed by atoms with van der Waals surface area (Å²) in [5.74, 6) is 0.473. The number of nitro groups is 1. The summed E-state index contributed by atoms with van der Waals surface area (Å²) in [5, 5.41) is 10.7. The SMILES string of the molecule is CCC(C)(C)c1ccc2nc(-c3ccc([N+](=O)[O-])cc3)oc2c1. The summed E-state index contributed by atoms with van der Waals surface area (Å²) in [6, 6.07) is 12.3. The zero-order valence-electron chi connectivity index (χ0n) is 13.4. The molecule has 0 fully saturated rings. The van der Waals surface area contributed by atoms with Crippen molar-refractivity contribution in [2.45, 2.75) is 32.6 Å². The fourth-order valence-electron chi connectivity index (χ4n) is 2.40. The van der Waals surface area contributed by atoms with E-state index in [9.17, 15) is 10.1 Å². The Hall–Kier alpha value is -2.69. The maximum Gasteiger partial charge on any atom is 0.269 e. The van der Waals surface area contributed by atoms with E-state index in [1.807, 2.05) is 12.1 Å². The summed E-state index contributed by atoms with van der Waals surface area (Å²) in [4.78, 5) is 14.8. The van der Waals surface area contributed by atoms with Crippen LogP contribution < -0.4 is 0 Å². The Morgan fingerprint density at radius 3 is 2.48 bits per heavy atom. The largest absolute Gasteiger partial charge is 0.436 e. The van der Waals surface area contributed by atoms with Crippen molar-refractivity contribution in [3.63, 3.8) is 0 Å². The Kier molecular flexibility index (Phi) is 3.64. The van der Waals surface area contributed by atoms with E-state index in [0.717, 1.165) is 23.1 Å². The summed E-state index contributed by atoms with van der Waals surface area (Å²) in [6.07, 6.45) is 1.03. The first-order valence-corrected chi connectivity index (χ1v) is 7.56. The highest BCUT2D eigenvalue weighted by Gasteiger charge is 2.19. The van der Waals surface area contributed by atoms with Crippen molar-refractivity contribution in [3.8, 4) is 11.5 Å². The van der Waals surface area contributed by atoms with Crippen LogP contribution in [0.1, 0.15) is 32.8 Å². The second kappa shape index (κ2) is 5.50. The van der Waals surface area contributed by atoms with Crippen LogP contribution in [0.2, 0.25) is 0 Å². The van der Waals surface area contributed by atoms with Gasteiger partial charge in [0, 0.05) is 17.7 Å². The molecule has 0 aliphatic carbocycles. The van der Waals surface area contributed by atoms with Crippen LogP contribution in [0.15, 0.2) is 46.9 Å². The number of nitro benzene ring substituents is 1. The first-order chi connectivity index (χ1) is 10.9. The molecule has 0 radical (unpaired) electrons. The number of hydrogen-bond donors (Lipinski definition) is 0.